The molecule has 136 valence electrons. The van der Waals surface area contributed by atoms with Gasteiger partial charge in [-0.05, 0) is 35.0 Å². The van der Waals surface area contributed by atoms with Crippen molar-refractivity contribution in [2.75, 3.05) is 23.4 Å². The van der Waals surface area contributed by atoms with Gasteiger partial charge in [0.05, 0.1) is 17.3 Å². The number of hydrogen-bond donors (Lipinski definition) is 1. The van der Waals surface area contributed by atoms with Crippen molar-refractivity contribution in [3.05, 3.63) is 66.7 Å². The molecular weight excluding hydrogens is 340 g/mol. The topological polar surface area (TPSA) is 58.6 Å². The largest absolute Gasteiger partial charge is 0.484 e. The van der Waals surface area contributed by atoms with Crippen LogP contribution in [0.4, 0.5) is 11.4 Å². The third-order valence-electron chi connectivity index (χ3n) is 4.74. The fourth-order valence-electron chi connectivity index (χ4n) is 3.24. The molecule has 3 aromatic carbocycles. The van der Waals surface area contributed by atoms with Crippen LogP contribution in [0.3, 0.4) is 0 Å². The minimum absolute atomic E-state index is 0.0896. The van der Waals surface area contributed by atoms with Crippen molar-refractivity contribution < 1.29 is 14.3 Å². The van der Waals surface area contributed by atoms with Crippen LogP contribution in [-0.2, 0) is 9.59 Å². The Bertz CT molecular complexity index is 1020. The molecule has 1 N–H and O–H groups in total. The molecule has 0 aromatic heterocycles. The van der Waals surface area contributed by atoms with E-state index < -0.39 is 0 Å². The summed E-state index contributed by atoms with van der Waals surface area (Å²) in [7, 11) is 0. The highest BCUT2D eigenvalue weighted by atomic mass is 16.5. The lowest BCUT2D eigenvalue weighted by atomic mass is 10.1. The molecule has 4 rings (SSSR count). The Morgan fingerprint density at radius 3 is 2.67 bits per heavy atom. The quantitative estimate of drug-likeness (QED) is 0.772. The van der Waals surface area contributed by atoms with Crippen molar-refractivity contribution in [1.82, 2.24) is 0 Å². The van der Waals surface area contributed by atoms with Gasteiger partial charge in [0.2, 0.25) is 5.91 Å². The third kappa shape index (κ3) is 3.49. The molecule has 3 aromatic rings. The summed E-state index contributed by atoms with van der Waals surface area (Å²) in [5, 5.41) is 5.06. The van der Waals surface area contributed by atoms with Crippen LogP contribution in [0.2, 0.25) is 0 Å². The number of para-hydroxylation sites is 2. The standard InChI is InChI=1S/C22H20N2O3/c1-15-13-24(20-9-5-4-8-19(20)23-22(15)26)21(25)14-27-18-11-10-16-6-2-3-7-17(16)12-18/h2-12,15H,13-14H2,1H3,(H,23,26). The SMILES string of the molecule is CC1CN(C(=O)COc2ccc3ccccc3c2)c2ccccc2NC1=O. The molecule has 0 saturated carbocycles. The summed E-state index contributed by atoms with van der Waals surface area (Å²) < 4.78 is 5.75. The molecule has 1 atom stereocenters. The number of ether oxygens (including phenoxy) is 1. The number of carbonyl (C=O) groups excluding carboxylic acids is 2. The Morgan fingerprint density at radius 2 is 1.81 bits per heavy atom. The Kier molecular flexibility index (Phi) is 4.50. The molecule has 0 radical (unpaired) electrons. The van der Waals surface area contributed by atoms with E-state index in [0.29, 0.717) is 23.7 Å². The van der Waals surface area contributed by atoms with Gasteiger partial charge in [0, 0.05) is 6.54 Å². The van der Waals surface area contributed by atoms with Gasteiger partial charge in [-0.3, -0.25) is 9.59 Å². The molecule has 1 aliphatic heterocycles. The average molecular weight is 360 g/mol. The fourth-order valence-corrected chi connectivity index (χ4v) is 3.24. The first kappa shape index (κ1) is 17.1. The first-order valence-corrected chi connectivity index (χ1v) is 8.94. The molecule has 0 spiro atoms. The van der Waals surface area contributed by atoms with E-state index in [-0.39, 0.29) is 24.3 Å². The molecule has 0 saturated heterocycles. The summed E-state index contributed by atoms with van der Waals surface area (Å²) in [4.78, 5) is 26.7. The van der Waals surface area contributed by atoms with E-state index in [9.17, 15) is 9.59 Å². The van der Waals surface area contributed by atoms with Gasteiger partial charge in [-0.15, -0.1) is 0 Å². The van der Waals surface area contributed by atoms with Crippen LogP contribution in [0.15, 0.2) is 66.7 Å². The van der Waals surface area contributed by atoms with Gasteiger partial charge in [-0.25, -0.2) is 0 Å². The highest BCUT2D eigenvalue weighted by Crippen LogP contribution is 2.30. The number of nitrogens with one attached hydrogen (secondary N) is 1. The molecule has 27 heavy (non-hydrogen) atoms. The number of nitrogens with zero attached hydrogens (tertiary/aromatic N) is 1. The van der Waals surface area contributed by atoms with Crippen LogP contribution in [-0.4, -0.2) is 25.0 Å². The highest BCUT2D eigenvalue weighted by molar-refractivity contribution is 6.04. The smallest absolute Gasteiger partial charge is 0.264 e. The Balaban J connectivity index is 1.53. The molecule has 1 heterocycles. The maximum absolute atomic E-state index is 12.9. The van der Waals surface area contributed by atoms with Crippen molar-refractivity contribution in [1.29, 1.82) is 0 Å². The van der Waals surface area contributed by atoms with E-state index in [2.05, 4.69) is 5.32 Å². The molecule has 0 aliphatic carbocycles. The molecular formula is C22H20N2O3. The lowest BCUT2D eigenvalue weighted by Crippen LogP contribution is -2.38. The third-order valence-corrected chi connectivity index (χ3v) is 4.74. The van der Waals surface area contributed by atoms with Crippen LogP contribution in [0, 0.1) is 5.92 Å². The summed E-state index contributed by atoms with van der Waals surface area (Å²) in [6.45, 7) is 2.04. The summed E-state index contributed by atoms with van der Waals surface area (Å²) in [5.74, 6) is 0.0709. The van der Waals surface area contributed by atoms with E-state index in [4.69, 9.17) is 4.74 Å². The van der Waals surface area contributed by atoms with Gasteiger partial charge in [0.25, 0.3) is 5.91 Å². The van der Waals surface area contributed by atoms with Gasteiger partial charge in [0.15, 0.2) is 6.61 Å². The second-order valence-electron chi connectivity index (χ2n) is 6.71. The Labute approximate surface area is 157 Å². The molecule has 1 aliphatic rings. The van der Waals surface area contributed by atoms with E-state index in [1.54, 1.807) is 11.0 Å². The van der Waals surface area contributed by atoms with E-state index >= 15 is 0 Å². The summed E-state index contributed by atoms with van der Waals surface area (Å²) in [6.07, 6.45) is 0. The van der Waals surface area contributed by atoms with Crippen molar-refractivity contribution in [2.24, 2.45) is 5.92 Å². The predicted octanol–water partition coefficient (Wildman–Crippen LogP) is 3.84. The van der Waals surface area contributed by atoms with Crippen LogP contribution in [0.25, 0.3) is 10.8 Å². The van der Waals surface area contributed by atoms with Crippen molar-refractivity contribution >= 4 is 34.0 Å². The van der Waals surface area contributed by atoms with Crippen LogP contribution < -0.4 is 15.0 Å². The maximum atomic E-state index is 12.9. The highest BCUT2D eigenvalue weighted by Gasteiger charge is 2.28. The monoisotopic (exact) mass is 360 g/mol. The van der Waals surface area contributed by atoms with E-state index in [1.165, 1.54) is 0 Å². The van der Waals surface area contributed by atoms with Gasteiger partial charge < -0.3 is 15.0 Å². The minimum Gasteiger partial charge on any atom is -0.484 e. The fraction of sp³-hybridized carbons (Fsp3) is 0.182. The van der Waals surface area contributed by atoms with E-state index in [1.807, 2.05) is 67.6 Å². The number of amides is 2. The number of carbonyl (C=O) groups is 2. The van der Waals surface area contributed by atoms with Gasteiger partial charge in [-0.2, -0.15) is 0 Å². The molecule has 5 nitrogen and oxygen atoms in total. The van der Waals surface area contributed by atoms with E-state index in [0.717, 1.165) is 10.8 Å². The molecule has 1 unspecified atom stereocenters. The predicted molar refractivity (Wildman–Crippen MR) is 106 cm³/mol. The number of benzene rings is 3. The number of fused-ring (bicyclic) bond motifs is 2. The van der Waals surface area contributed by atoms with Crippen molar-refractivity contribution in [3.8, 4) is 5.75 Å². The molecule has 2 amide bonds. The first-order valence-electron chi connectivity index (χ1n) is 8.94. The van der Waals surface area contributed by atoms with Crippen LogP contribution >= 0.6 is 0 Å². The number of hydrogen-bond acceptors (Lipinski definition) is 3. The number of anilines is 2. The molecule has 0 fully saturated rings. The Hall–Kier alpha value is -3.34. The molecule has 5 heteroatoms. The van der Waals surface area contributed by atoms with Crippen LogP contribution in [0.5, 0.6) is 5.75 Å². The number of rotatable bonds is 3. The van der Waals surface area contributed by atoms with Gasteiger partial charge >= 0.3 is 0 Å². The van der Waals surface area contributed by atoms with Crippen molar-refractivity contribution in [3.63, 3.8) is 0 Å². The molecule has 0 bridgehead atoms. The average Bonchev–Trinajstić information content (AvgIpc) is 2.82. The normalized spacial score (nSPS) is 16.4. The second-order valence-corrected chi connectivity index (χ2v) is 6.71. The zero-order valence-electron chi connectivity index (χ0n) is 15.0. The lowest BCUT2D eigenvalue weighted by molar-refractivity contribution is -0.121. The lowest BCUT2D eigenvalue weighted by Gasteiger charge is -2.23. The zero-order valence-corrected chi connectivity index (χ0v) is 15.0. The Morgan fingerprint density at radius 1 is 1.07 bits per heavy atom. The minimum atomic E-state index is -0.304. The zero-order chi connectivity index (χ0) is 18.8. The van der Waals surface area contributed by atoms with Gasteiger partial charge in [0.1, 0.15) is 5.75 Å². The first-order chi connectivity index (χ1) is 13.1. The summed E-state index contributed by atoms with van der Waals surface area (Å²) in [5.41, 5.74) is 1.34. The van der Waals surface area contributed by atoms with Gasteiger partial charge in [-0.1, -0.05) is 49.4 Å². The maximum Gasteiger partial charge on any atom is 0.264 e. The van der Waals surface area contributed by atoms with Crippen LogP contribution in [0.1, 0.15) is 6.92 Å². The summed E-state index contributed by atoms with van der Waals surface area (Å²) >= 11 is 0. The summed E-state index contributed by atoms with van der Waals surface area (Å²) in [6, 6.07) is 21.1. The van der Waals surface area contributed by atoms with Crippen molar-refractivity contribution in [2.45, 2.75) is 6.92 Å². The second kappa shape index (κ2) is 7.11.